The third kappa shape index (κ3) is 2.57. The zero-order chi connectivity index (χ0) is 20.2. The van der Waals surface area contributed by atoms with Crippen molar-refractivity contribution in [2.45, 2.75) is 13.8 Å². The molecule has 0 radical (unpaired) electrons. The van der Waals surface area contributed by atoms with Crippen molar-refractivity contribution in [2.75, 3.05) is 0 Å². The molecule has 0 saturated carbocycles. The molecule has 144 valence electrons. The van der Waals surface area contributed by atoms with Gasteiger partial charge in [0.2, 0.25) is 0 Å². The Morgan fingerprint density at radius 2 is 0.867 bits per heavy atom. The fourth-order valence-electron chi connectivity index (χ4n) is 4.18. The Labute approximate surface area is 174 Å². The molecule has 0 saturated heterocycles. The van der Waals surface area contributed by atoms with Gasteiger partial charge in [0.1, 0.15) is 22.7 Å². The summed E-state index contributed by atoms with van der Waals surface area (Å²) in [6.45, 7) is 4.19. The normalized spacial score (nSPS) is 11.7. The van der Waals surface area contributed by atoms with Crippen molar-refractivity contribution >= 4 is 32.7 Å². The lowest BCUT2D eigenvalue weighted by molar-refractivity contribution is 0.631. The molecule has 2 heterocycles. The van der Waals surface area contributed by atoms with E-state index >= 15 is 0 Å². The van der Waals surface area contributed by atoms with Crippen LogP contribution in [0.5, 0.6) is 0 Å². The number of hydrogen-bond acceptors (Lipinski definition) is 2. The van der Waals surface area contributed by atoms with E-state index in [1.165, 1.54) is 11.1 Å². The maximum atomic E-state index is 6.40. The summed E-state index contributed by atoms with van der Waals surface area (Å²) in [6.07, 6.45) is 0. The highest BCUT2D eigenvalue weighted by molar-refractivity contribution is 6.23. The molecule has 0 aliphatic rings. The average Bonchev–Trinajstić information content (AvgIpc) is 3.40. The highest BCUT2D eigenvalue weighted by Crippen LogP contribution is 2.42. The van der Waals surface area contributed by atoms with E-state index in [9.17, 15) is 0 Å². The summed E-state index contributed by atoms with van der Waals surface area (Å²) in [4.78, 5) is 0. The number of aryl methyl sites for hydroxylation is 2. The smallest absolute Gasteiger partial charge is 0.143 e. The van der Waals surface area contributed by atoms with Crippen molar-refractivity contribution in [3.8, 4) is 22.6 Å². The molecule has 0 fully saturated rings. The SMILES string of the molecule is Cc1ccc(-c2cc3c4cc(-c5ccc(C)cc5)oc4c4ccccc4c3o2)cc1. The second-order valence-corrected chi connectivity index (χ2v) is 7.98. The minimum absolute atomic E-state index is 0.876. The Morgan fingerprint density at radius 3 is 1.27 bits per heavy atom. The Hall–Kier alpha value is -3.78. The second-order valence-electron chi connectivity index (χ2n) is 7.98. The summed E-state index contributed by atoms with van der Waals surface area (Å²) in [5, 5.41) is 4.31. The molecule has 0 bridgehead atoms. The van der Waals surface area contributed by atoms with E-state index in [0.29, 0.717) is 0 Å². The van der Waals surface area contributed by atoms with E-state index in [1.54, 1.807) is 0 Å². The van der Waals surface area contributed by atoms with Crippen molar-refractivity contribution < 1.29 is 8.83 Å². The predicted molar refractivity (Wildman–Crippen MR) is 124 cm³/mol. The molecule has 2 aromatic heterocycles. The van der Waals surface area contributed by atoms with Crippen LogP contribution in [0.4, 0.5) is 0 Å². The quantitative estimate of drug-likeness (QED) is 0.298. The van der Waals surface area contributed by atoms with Gasteiger partial charge in [-0.05, 0) is 26.0 Å². The molecule has 4 aromatic carbocycles. The second kappa shape index (κ2) is 6.36. The van der Waals surface area contributed by atoms with Crippen LogP contribution in [-0.4, -0.2) is 0 Å². The van der Waals surface area contributed by atoms with E-state index in [0.717, 1.165) is 55.4 Å². The van der Waals surface area contributed by atoms with Crippen LogP contribution in [0, 0.1) is 13.8 Å². The van der Waals surface area contributed by atoms with E-state index in [1.807, 2.05) is 12.1 Å². The monoisotopic (exact) mass is 388 g/mol. The standard InChI is InChI=1S/C28H20O2/c1-17-7-11-19(12-8-17)25-15-23-24-16-26(20-13-9-18(2)10-14-20)30-28(24)22-6-4-3-5-21(22)27(23)29-25/h3-16H,1-2H3. The molecule has 0 amide bonds. The van der Waals surface area contributed by atoms with E-state index < -0.39 is 0 Å². The molecule has 30 heavy (non-hydrogen) atoms. The van der Waals surface area contributed by atoms with Crippen LogP contribution < -0.4 is 0 Å². The van der Waals surface area contributed by atoms with Crippen LogP contribution in [-0.2, 0) is 0 Å². The molecule has 0 unspecified atom stereocenters. The molecule has 0 spiro atoms. The third-order valence-electron chi connectivity index (χ3n) is 5.84. The van der Waals surface area contributed by atoms with Crippen molar-refractivity contribution in [2.24, 2.45) is 0 Å². The molecule has 0 aliphatic carbocycles. The summed E-state index contributed by atoms with van der Waals surface area (Å²) in [5.74, 6) is 1.75. The molecule has 0 aliphatic heterocycles. The lowest BCUT2D eigenvalue weighted by Crippen LogP contribution is -1.75. The van der Waals surface area contributed by atoms with Gasteiger partial charge in [0.05, 0.1) is 0 Å². The summed E-state index contributed by atoms with van der Waals surface area (Å²) in [6, 6.07) is 29.5. The van der Waals surface area contributed by atoms with Gasteiger partial charge in [0, 0.05) is 32.7 Å². The van der Waals surface area contributed by atoms with Crippen LogP contribution in [0.25, 0.3) is 55.4 Å². The van der Waals surface area contributed by atoms with Gasteiger partial charge in [0.15, 0.2) is 0 Å². The van der Waals surface area contributed by atoms with E-state index in [4.69, 9.17) is 8.83 Å². The minimum atomic E-state index is 0.876. The first-order chi connectivity index (χ1) is 14.7. The van der Waals surface area contributed by atoms with Gasteiger partial charge in [-0.3, -0.25) is 0 Å². The van der Waals surface area contributed by atoms with Gasteiger partial charge >= 0.3 is 0 Å². The molecule has 2 nitrogen and oxygen atoms in total. The maximum absolute atomic E-state index is 6.40. The molecular weight excluding hydrogens is 368 g/mol. The summed E-state index contributed by atoms with van der Waals surface area (Å²) in [7, 11) is 0. The third-order valence-corrected chi connectivity index (χ3v) is 5.84. The zero-order valence-corrected chi connectivity index (χ0v) is 16.9. The van der Waals surface area contributed by atoms with Gasteiger partial charge in [0.25, 0.3) is 0 Å². The Morgan fingerprint density at radius 1 is 0.467 bits per heavy atom. The topological polar surface area (TPSA) is 26.3 Å². The van der Waals surface area contributed by atoms with Crippen LogP contribution in [0.3, 0.4) is 0 Å². The minimum Gasteiger partial charge on any atom is -0.455 e. The summed E-state index contributed by atoms with van der Waals surface area (Å²) in [5.41, 5.74) is 6.45. The Kier molecular flexibility index (Phi) is 3.63. The van der Waals surface area contributed by atoms with Crippen molar-refractivity contribution in [3.05, 3.63) is 96.1 Å². The number of fused-ring (bicyclic) bond motifs is 6. The highest BCUT2D eigenvalue weighted by Gasteiger charge is 2.18. The van der Waals surface area contributed by atoms with Crippen molar-refractivity contribution in [3.63, 3.8) is 0 Å². The number of hydrogen-bond donors (Lipinski definition) is 0. The van der Waals surface area contributed by atoms with E-state index in [2.05, 4.69) is 86.6 Å². The first-order valence-electron chi connectivity index (χ1n) is 10.2. The summed E-state index contributed by atoms with van der Waals surface area (Å²) < 4.78 is 12.8. The van der Waals surface area contributed by atoms with Crippen LogP contribution in [0.15, 0.2) is 93.8 Å². The number of furan rings is 2. The van der Waals surface area contributed by atoms with E-state index in [-0.39, 0.29) is 0 Å². The van der Waals surface area contributed by atoms with Gasteiger partial charge in [-0.2, -0.15) is 0 Å². The first-order valence-corrected chi connectivity index (χ1v) is 10.2. The van der Waals surface area contributed by atoms with Crippen LogP contribution >= 0.6 is 0 Å². The van der Waals surface area contributed by atoms with Gasteiger partial charge in [-0.1, -0.05) is 83.9 Å². The lowest BCUT2D eigenvalue weighted by Gasteiger charge is -2.01. The van der Waals surface area contributed by atoms with Crippen LogP contribution in [0.1, 0.15) is 11.1 Å². The highest BCUT2D eigenvalue weighted by atomic mass is 16.3. The van der Waals surface area contributed by atoms with Crippen molar-refractivity contribution in [1.82, 2.24) is 0 Å². The van der Waals surface area contributed by atoms with Gasteiger partial charge in [-0.15, -0.1) is 0 Å². The number of benzene rings is 4. The summed E-state index contributed by atoms with van der Waals surface area (Å²) >= 11 is 0. The maximum Gasteiger partial charge on any atom is 0.143 e. The molecule has 0 atom stereocenters. The molecular formula is C28H20O2. The first kappa shape index (κ1) is 17.1. The van der Waals surface area contributed by atoms with Gasteiger partial charge < -0.3 is 8.83 Å². The Bertz CT molecular complexity index is 1410. The Balaban J connectivity index is 1.67. The van der Waals surface area contributed by atoms with Crippen LogP contribution in [0.2, 0.25) is 0 Å². The zero-order valence-electron chi connectivity index (χ0n) is 16.9. The van der Waals surface area contributed by atoms with Gasteiger partial charge in [-0.25, -0.2) is 0 Å². The average molecular weight is 388 g/mol. The molecule has 6 aromatic rings. The molecule has 0 N–H and O–H groups in total. The largest absolute Gasteiger partial charge is 0.455 e. The molecule has 2 heteroatoms. The lowest BCUT2D eigenvalue weighted by atomic mass is 10.0. The molecule has 6 rings (SSSR count). The van der Waals surface area contributed by atoms with Crippen molar-refractivity contribution in [1.29, 1.82) is 0 Å². The fraction of sp³-hybridized carbons (Fsp3) is 0.0714. The number of rotatable bonds is 2. The fourth-order valence-corrected chi connectivity index (χ4v) is 4.18. The predicted octanol–water partition coefficient (Wildman–Crippen LogP) is 8.28.